The second-order valence-corrected chi connectivity index (χ2v) is 9.02. The van der Waals surface area contributed by atoms with Crippen LogP contribution in [0.2, 0.25) is 5.02 Å². The van der Waals surface area contributed by atoms with E-state index >= 15 is 0 Å². The standard InChI is InChI=1S/C26H14ClF2NO5/c27-16-8-4-3-7-15(16)21-19-20(25(34)30(24(19)33)18-10-9-12(28)11-17(18)29)26(35-21)22(31)13-5-1-2-6-14(13)23(26)32/h1-11,19-21H/t19-,20+,21+/m1/s1. The Morgan fingerprint density at radius 1 is 0.829 bits per heavy atom. The maximum absolute atomic E-state index is 14.7. The van der Waals surface area contributed by atoms with Gasteiger partial charge in [-0.05, 0) is 18.2 Å². The fourth-order valence-electron chi connectivity index (χ4n) is 5.41. The average Bonchev–Trinajstić information content (AvgIpc) is 3.40. The predicted molar refractivity (Wildman–Crippen MR) is 119 cm³/mol. The Balaban J connectivity index is 1.57. The van der Waals surface area contributed by atoms with Gasteiger partial charge in [-0.1, -0.05) is 54.1 Å². The number of Topliss-reactive ketones (excluding diaryl/α,β-unsaturated/α-hetero) is 2. The average molecular weight is 494 g/mol. The van der Waals surface area contributed by atoms with Gasteiger partial charge in [-0.15, -0.1) is 0 Å². The molecule has 3 aromatic carbocycles. The van der Waals surface area contributed by atoms with Crippen molar-refractivity contribution in [2.24, 2.45) is 11.8 Å². The van der Waals surface area contributed by atoms with Crippen molar-refractivity contribution in [3.05, 3.63) is 100 Å². The predicted octanol–water partition coefficient (Wildman–Crippen LogP) is 4.31. The minimum atomic E-state index is -2.31. The lowest BCUT2D eigenvalue weighted by molar-refractivity contribution is -0.127. The lowest BCUT2D eigenvalue weighted by Crippen LogP contribution is -2.51. The Kier molecular flexibility index (Phi) is 4.58. The summed E-state index contributed by atoms with van der Waals surface area (Å²) in [6.07, 6.45) is -1.24. The molecule has 2 aliphatic heterocycles. The van der Waals surface area contributed by atoms with E-state index in [1.54, 1.807) is 36.4 Å². The van der Waals surface area contributed by atoms with E-state index in [9.17, 15) is 28.0 Å². The Hall–Kier alpha value is -3.75. The second kappa shape index (κ2) is 7.37. The van der Waals surface area contributed by atoms with Gasteiger partial charge in [-0.25, -0.2) is 13.7 Å². The highest BCUT2D eigenvalue weighted by atomic mass is 35.5. The topological polar surface area (TPSA) is 80.8 Å². The van der Waals surface area contributed by atoms with Crippen LogP contribution in [0.4, 0.5) is 14.5 Å². The van der Waals surface area contributed by atoms with Gasteiger partial charge in [0, 0.05) is 27.8 Å². The van der Waals surface area contributed by atoms with Gasteiger partial charge in [-0.2, -0.15) is 0 Å². The second-order valence-electron chi connectivity index (χ2n) is 8.61. The number of amides is 2. The molecule has 0 unspecified atom stereocenters. The highest BCUT2D eigenvalue weighted by molar-refractivity contribution is 6.37. The zero-order valence-corrected chi connectivity index (χ0v) is 18.5. The molecule has 174 valence electrons. The summed E-state index contributed by atoms with van der Waals surface area (Å²) in [7, 11) is 0. The van der Waals surface area contributed by atoms with Crippen LogP contribution in [0.25, 0.3) is 0 Å². The molecule has 3 aromatic rings. The Morgan fingerprint density at radius 3 is 2.09 bits per heavy atom. The van der Waals surface area contributed by atoms with Gasteiger partial charge in [0.15, 0.2) is 0 Å². The van der Waals surface area contributed by atoms with Crippen molar-refractivity contribution in [2.45, 2.75) is 11.7 Å². The van der Waals surface area contributed by atoms with Crippen LogP contribution >= 0.6 is 11.6 Å². The number of carbonyl (C=O) groups excluding carboxylic acids is 4. The SMILES string of the molecule is O=C1[C@@H]2[C@@H](C(=O)N1c1ccc(F)cc1F)C1(O[C@H]2c2ccccc2Cl)C(=O)c2ccccc2C1=O. The molecule has 0 saturated carbocycles. The maximum atomic E-state index is 14.7. The molecule has 9 heteroatoms. The van der Waals surface area contributed by atoms with Crippen LogP contribution in [0.3, 0.4) is 0 Å². The van der Waals surface area contributed by atoms with E-state index in [0.29, 0.717) is 16.5 Å². The Morgan fingerprint density at radius 2 is 1.46 bits per heavy atom. The van der Waals surface area contributed by atoms with Gasteiger partial charge < -0.3 is 4.74 Å². The number of ketones is 2. The molecule has 2 fully saturated rings. The zero-order chi connectivity index (χ0) is 24.6. The third kappa shape index (κ3) is 2.72. The zero-order valence-electron chi connectivity index (χ0n) is 17.7. The molecular weight excluding hydrogens is 480 g/mol. The van der Waals surface area contributed by atoms with Crippen LogP contribution in [0.15, 0.2) is 66.7 Å². The van der Waals surface area contributed by atoms with Crippen LogP contribution < -0.4 is 4.90 Å². The van der Waals surface area contributed by atoms with Crippen LogP contribution in [0, 0.1) is 23.5 Å². The van der Waals surface area contributed by atoms with Crippen LogP contribution in [0.1, 0.15) is 32.4 Å². The molecule has 2 saturated heterocycles. The molecule has 35 heavy (non-hydrogen) atoms. The summed E-state index contributed by atoms with van der Waals surface area (Å²) in [6.45, 7) is 0. The smallest absolute Gasteiger partial charge is 0.241 e. The van der Waals surface area contributed by atoms with Crippen molar-refractivity contribution >= 4 is 40.7 Å². The molecule has 2 heterocycles. The van der Waals surface area contributed by atoms with E-state index < -0.39 is 64.2 Å². The largest absolute Gasteiger partial charge is 0.349 e. The summed E-state index contributed by atoms with van der Waals surface area (Å²) in [5.41, 5.74) is -2.33. The third-order valence-corrected chi connectivity index (χ3v) is 7.23. The number of carbonyl (C=O) groups is 4. The molecule has 3 atom stereocenters. The maximum Gasteiger partial charge on any atom is 0.241 e. The molecule has 1 spiro atoms. The summed E-state index contributed by atoms with van der Waals surface area (Å²) in [5.74, 6) is -8.27. The fourth-order valence-corrected chi connectivity index (χ4v) is 5.65. The van der Waals surface area contributed by atoms with Gasteiger partial charge in [0.2, 0.25) is 29.0 Å². The molecule has 0 N–H and O–H groups in total. The first-order valence-corrected chi connectivity index (χ1v) is 11.1. The van der Waals surface area contributed by atoms with Gasteiger partial charge in [0.25, 0.3) is 0 Å². The number of rotatable bonds is 2. The van der Waals surface area contributed by atoms with E-state index in [1.165, 1.54) is 12.1 Å². The minimum absolute atomic E-state index is 0.0720. The van der Waals surface area contributed by atoms with E-state index in [2.05, 4.69) is 0 Å². The number of fused-ring (bicyclic) bond motifs is 3. The summed E-state index contributed by atoms with van der Waals surface area (Å²) in [6, 6.07) is 14.9. The van der Waals surface area contributed by atoms with E-state index in [-0.39, 0.29) is 16.1 Å². The van der Waals surface area contributed by atoms with Crippen molar-refractivity contribution in [3.63, 3.8) is 0 Å². The molecule has 0 aromatic heterocycles. The van der Waals surface area contributed by atoms with Gasteiger partial charge in [0.05, 0.1) is 23.6 Å². The van der Waals surface area contributed by atoms with Crippen LogP contribution in [-0.2, 0) is 14.3 Å². The van der Waals surface area contributed by atoms with Gasteiger partial charge in [0.1, 0.15) is 11.6 Å². The number of benzene rings is 3. The van der Waals surface area contributed by atoms with E-state index in [1.807, 2.05) is 0 Å². The Bertz CT molecular complexity index is 1450. The van der Waals surface area contributed by atoms with Crippen LogP contribution in [-0.4, -0.2) is 29.0 Å². The number of imide groups is 1. The number of ether oxygens (including phenoxy) is 1. The number of nitrogens with zero attached hydrogens (tertiary/aromatic N) is 1. The molecule has 6 nitrogen and oxygen atoms in total. The summed E-state index contributed by atoms with van der Waals surface area (Å²) in [4.78, 5) is 55.3. The summed E-state index contributed by atoms with van der Waals surface area (Å²) in [5, 5.41) is 0.204. The van der Waals surface area contributed by atoms with Crippen molar-refractivity contribution in [3.8, 4) is 0 Å². The lowest BCUT2D eigenvalue weighted by atomic mass is 9.77. The highest BCUT2D eigenvalue weighted by Gasteiger charge is 2.75. The molecule has 3 aliphatic rings. The van der Waals surface area contributed by atoms with Crippen molar-refractivity contribution in [1.29, 1.82) is 0 Å². The summed E-state index contributed by atoms with van der Waals surface area (Å²) >= 11 is 6.37. The van der Waals surface area contributed by atoms with Gasteiger partial charge >= 0.3 is 0 Å². The molecule has 6 rings (SSSR count). The van der Waals surface area contributed by atoms with Crippen molar-refractivity contribution in [1.82, 2.24) is 0 Å². The molecule has 0 radical (unpaired) electrons. The quantitative estimate of drug-likeness (QED) is 0.392. The molecule has 2 amide bonds. The highest BCUT2D eigenvalue weighted by Crippen LogP contribution is 2.58. The number of hydrogen-bond acceptors (Lipinski definition) is 5. The first kappa shape index (κ1) is 21.8. The first-order chi connectivity index (χ1) is 16.8. The lowest BCUT2D eigenvalue weighted by Gasteiger charge is -2.27. The third-order valence-electron chi connectivity index (χ3n) is 6.88. The van der Waals surface area contributed by atoms with Crippen LogP contribution in [0.5, 0.6) is 0 Å². The Labute approximate surface area is 202 Å². The normalized spacial score (nSPS) is 24.4. The molecule has 1 aliphatic carbocycles. The number of anilines is 1. The first-order valence-electron chi connectivity index (χ1n) is 10.7. The van der Waals surface area contributed by atoms with Crippen molar-refractivity contribution in [2.75, 3.05) is 4.90 Å². The monoisotopic (exact) mass is 493 g/mol. The number of halogens is 3. The summed E-state index contributed by atoms with van der Waals surface area (Å²) < 4.78 is 34.3. The van der Waals surface area contributed by atoms with E-state index in [4.69, 9.17) is 16.3 Å². The minimum Gasteiger partial charge on any atom is -0.349 e. The van der Waals surface area contributed by atoms with Crippen molar-refractivity contribution < 1.29 is 32.7 Å². The number of hydrogen-bond donors (Lipinski definition) is 0. The van der Waals surface area contributed by atoms with Gasteiger partial charge in [-0.3, -0.25) is 19.2 Å². The molecular formula is C26H14ClF2NO5. The molecule has 0 bridgehead atoms. The van der Waals surface area contributed by atoms with E-state index in [0.717, 1.165) is 12.1 Å². The fraction of sp³-hybridized carbons (Fsp3) is 0.154.